The van der Waals surface area contributed by atoms with Crippen LogP contribution < -0.4 is 4.72 Å². The second kappa shape index (κ2) is 5.47. The Morgan fingerprint density at radius 2 is 2.19 bits per heavy atom. The van der Waals surface area contributed by atoms with Crippen molar-refractivity contribution in [2.75, 3.05) is 4.72 Å². The highest BCUT2D eigenvalue weighted by atomic mass is 32.2. The van der Waals surface area contributed by atoms with Crippen molar-refractivity contribution in [2.24, 2.45) is 0 Å². The summed E-state index contributed by atoms with van der Waals surface area (Å²) >= 11 is 0.621. The van der Waals surface area contributed by atoms with Crippen LogP contribution in [0.5, 0.6) is 0 Å². The summed E-state index contributed by atoms with van der Waals surface area (Å²) in [5, 5.41) is 17.7. The highest BCUT2D eigenvalue weighted by Crippen LogP contribution is 2.25. The summed E-state index contributed by atoms with van der Waals surface area (Å²) in [6.07, 6.45) is 0. The summed E-state index contributed by atoms with van der Waals surface area (Å²) in [5.41, 5.74) is 0.0881. The normalized spacial score (nSPS) is 10.9. The van der Waals surface area contributed by atoms with E-state index in [-0.39, 0.29) is 11.3 Å². The summed E-state index contributed by atoms with van der Waals surface area (Å²) in [4.78, 5) is 14.4. The van der Waals surface area contributed by atoms with Crippen molar-refractivity contribution in [1.29, 1.82) is 5.26 Å². The average Bonchev–Trinajstić information content (AvgIpc) is 2.91. The van der Waals surface area contributed by atoms with Gasteiger partial charge in [0.1, 0.15) is 11.9 Å². The predicted octanol–water partition coefficient (Wildman–Crippen LogP) is 1.65. The first-order chi connectivity index (χ1) is 9.85. The van der Waals surface area contributed by atoms with Crippen LogP contribution in [0.15, 0.2) is 27.9 Å². The van der Waals surface area contributed by atoms with Crippen molar-refractivity contribution < 1.29 is 22.7 Å². The molecule has 0 bridgehead atoms. The summed E-state index contributed by atoms with van der Waals surface area (Å²) in [6.45, 7) is 0. The number of aromatic carboxylic acids is 1. The fourth-order valence-electron chi connectivity index (χ4n) is 1.46. The van der Waals surface area contributed by atoms with Gasteiger partial charge in [-0.25, -0.2) is 22.6 Å². The number of carbonyl (C=O) groups is 1. The van der Waals surface area contributed by atoms with Gasteiger partial charge < -0.3 is 5.11 Å². The first-order valence-electron chi connectivity index (χ1n) is 5.24. The minimum Gasteiger partial charge on any atom is -0.476 e. The molecule has 0 radical (unpaired) electrons. The van der Waals surface area contributed by atoms with E-state index >= 15 is 0 Å². The average molecular weight is 327 g/mol. The van der Waals surface area contributed by atoms with Crippen molar-refractivity contribution >= 4 is 33.0 Å². The Morgan fingerprint density at radius 3 is 2.81 bits per heavy atom. The summed E-state index contributed by atoms with van der Waals surface area (Å²) < 4.78 is 38.8. The summed E-state index contributed by atoms with van der Waals surface area (Å²) in [5.74, 6) is -2.19. The van der Waals surface area contributed by atoms with Crippen molar-refractivity contribution in [1.82, 2.24) is 4.98 Å². The van der Waals surface area contributed by atoms with Crippen molar-refractivity contribution in [3.05, 3.63) is 40.8 Å². The summed E-state index contributed by atoms with van der Waals surface area (Å²) in [6, 6.07) is 4.56. The Bertz CT molecular complexity index is 855. The fraction of sp³-hybridized carbons (Fsp3) is 0. The van der Waals surface area contributed by atoms with Crippen molar-refractivity contribution in [2.45, 2.75) is 4.21 Å². The first-order valence-corrected chi connectivity index (χ1v) is 7.60. The van der Waals surface area contributed by atoms with Gasteiger partial charge in [0.2, 0.25) is 0 Å². The van der Waals surface area contributed by atoms with Crippen LogP contribution in [0.25, 0.3) is 0 Å². The third-order valence-corrected chi connectivity index (χ3v) is 5.06. The molecule has 21 heavy (non-hydrogen) atoms. The molecule has 1 aromatic heterocycles. The maximum Gasteiger partial charge on any atom is 0.356 e. The van der Waals surface area contributed by atoms with E-state index in [0.29, 0.717) is 11.3 Å². The Morgan fingerprint density at radius 1 is 1.48 bits per heavy atom. The fourth-order valence-corrected chi connectivity index (χ4v) is 3.68. The maximum absolute atomic E-state index is 13.0. The van der Waals surface area contributed by atoms with Crippen molar-refractivity contribution in [3.63, 3.8) is 0 Å². The lowest BCUT2D eigenvalue weighted by molar-refractivity contribution is 0.0687. The molecule has 108 valence electrons. The van der Waals surface area contributed by atoms with E-state index in [1.165, 1.54) is 0 Å². The topological polar surface area (TPSA) is 120 Å². The molecule has 0 atom stereocenters. The van der Waals surface area contributed by atoms with Gasteiger partial charge in [-0.2, -0.15) is 5.26 Å². The zero-order chi connectivity index (χ0) is 15.6. The first kappa shape index (κ1) is 14.9. The van der Waals surface area contributed by atoms with E-state index in [9.17, 15) is 17.6 Å². The lowest BCUT2D eigenvalue weighted by atomic mass is 10.2. The monoisotopic (exact) mass is 327 g/mol. The molecular weight excluding hydrogens is 321 g/mol. The zero-order valence-corrected chi connectivity index (χ0v) is 11.7. The van der Waals surface area contributed by atoms with Crippen LogP contribution >= 0.6 is 11.3 Å². The van der Waals surface area contributed by atoms with Gasteiger partial charge in [-0.15, -0.1) is 11.3 Å². The lowest BCUT2D eigenvalue weighted by Crippen LogP contribution is -2.16. The molecule has 1 heterocycles. The number of rotatable bonds is 4. The van der Waals surface area contributed by atoms with Crippen LogP contribution in [0.2, 0.25) is 0 Å². The molecule has 0 aliphatic heterocycles. The van der Waals surface area contributed by atoms with Crippen LogP contribution in [-0.4, -0.2) is 24.5 Å². The Labute approximate surface area is 122 Å². The number of benzene rings is 1. The number of hydrogen-bond acceptors (Lipinski definition) is 6. The number of carboxylic acids is 1. The highest BCUT2D eigenvalue weighted by molar-refractivity contribution is 7.94. The Balaban J connectivity index is 2.46. The number of carboxylic acid groups (broad SMARTS) is 1. The van der Waals surface area contributed by atoms with E-state index in [0.717, 1.165) is 23.7 Å². The van der Waals surface area contributed by atoms with Gasteiger partial charge >= 0.3 is 5.97 Å². The number of nitriles is 1. The third-order valence-electron chi connectivity index (χ3n) is 2.33. The molecule has 2 aromatic rings. The van der Waals surface area contributed by atoms with Crippen LogP contribution in [0, 0.1) is 17.1 Å². The maximum atomic E-state index is 13.0. The standard InChI is InChI=1S/C11H6FN3O4S2/c12-7-1-2-8(6(3-7)4-13)15-21(18,19)11-9(10(16)17)14-5-20-11/h1-3,5,15H,(H,16,17). The molecule has 0 aliphatic carbocycles. The molecule has 0 aliphatic rings. The molecule has 1 aromatic carbocycles. The van der Waals surface area contributed by atoms with Crippen LogP contribution in [-0.2, 0) is 10.0 Å². The quantitative estimate of drug-likeness (QED) is 0.881. The van der Waals surface area contributed by atoms with Gasteiger partial charge in [-0.1, -0.05) is 0 Å². The highest BCUT2D eigenvalue weighted by Gasteiger charge is 2.26. The smallest absolute Gasteiger partial charge is 0.356 e. The minimum absolute atomic E-state index is 0.149. The van der Waals surface area contributed by atoms with Gasteiger partial charge in [-0.3, -0.25) is 4.72 Å². The molecule has 7 nitrogen and oxygen atoms in total. The number of anilines is 1. The van der Waals surface area contributed by atoms with Crippen LogP contribution in [0.3, 0.4) is 0 Å². The van der Waals surface area contributed by atoms with Gasteiger partial charge in [0.15, 0.2) is 9.90 Å². The largest absolute Gasteiger partial charge is 0.476 e. The molecule has 0 amide bonds. The molecule has 10 heteroatoms. The number of nitrogens with zero attached hydrogens (tertiary/aromatic N) is 2. The minimum atomic E-state index is -4.24. The number of thiazole rings is 1. The Kier molecular flexibility index (Phi) is 3.88. The number of sulfonamides is 1. The number of aromatic nitrogens is 1. The molecule has 0 saturated heterocycles. The number of nitrogens with one attached hydrogen (secondary N) is 1. The second-order valence-corrected chi connectivity index (χ2v) is 6.43. The third kappa shape index (κ3) is 2.99. The molecule has 0 unspecified atom stereocenters. The molecule has 0 saturated carbocycles. The molecule has 0 spiro atoms. The van der Waals surface area contributed by atoms with Gasteiger partial charge in [0, 0.05) is 0 Å². The van der Waals surface area contributed by atoms with Gasteiger partial charge in [-0.05, 0) is 18.2 Å². The molecular formula is C11H6FN3O4S2. The molecule has 0 fully saturated rings. The van der Waals surface area contributed by atoms with Gasteiger partial charge in [0.05, 0.1) is 16.8 Å². The number of hydrogen-bond donors (Lipinski definition) is 2. The van der Waals surface area contributed by atoms with E-state index in [1.54, 1.807) is 6.07 Å². The molecule has 2 N–H and O–H groups in total. The number of halogens is 1. The van der Waals surface area contributed by atoms with E-state index in [4.69, 9.17) is 10.4 Å². The van der Waals surface area contributed by atoms with Crippen LogP contribution in [0.4, 0.5) is 10.1 Å². The van der Waals surface area contributed by atoms with Gasteiger partial charge in [0.25, 0.3) is 10.0 Å². The second-order valence-electron chi connectivity index (χ2n) is 3.70. The predicted molar refractivity (Wildman–Crippen MR) is 71.0 cm³/mol. The van der Waals surface area contributed by atoms with E-state index < -0.39 is 31.7 Å². The summed E-state index contributed by atoms with van der Waals surface area (Å²) in [7, 11) is -4.24. The van der Waals surface area contributed by atoms with E-state index in [1.807, 2.05) is 0 Å². The SMILES string of the molecule is N#Cc1cc(F)ccc1NS(=O)(=O)c1scnc1C(=O)O. The van der Waals surface area contributed by atoms with Crippen LogP contribution in [0.1, 0.15) is 16.1 Å². The lowest BCUT2D eigenvalue weighted by Gasteiger charge is -2.08. The zero-order valence-electron chi connectivity index (χ0n) is 10.1. The Hall–Kier alpha value is -2.51. The van der Waals surface area contributed by atoms with E-state index in [2.05, 4.69) is 9.71 Å². The molecule has 2 rings (SSSR count). The van der Waals surface area contributed by atoms with Crippen molar-refractivity contribution in [3.8, 4) is 6.07 Å².